The Morgan fingerprint density at radius 3 is 2.52 bits per heavy atom. The Kier molecular flexibility index (Phi) is 4.82. The molecular weight excluding hydrogens is 390 g/mol. The van der Waals surface area contributed by atoms with Crippen molar-refractivity contribution in [1.82, 2.24) is 0 Å². The molecular formula is C21H23N3O4S. The molecule has 2 aromatic carbocycles. The Hall–Kier alpha value is -2.87. The van der Waals surface area contributed by atoms with Crippen LogP contribution in [0.3, 0.4) is 0 Å². The monoisotopic (exact) mass is 413 g/mol. The Bertz CT molecular complexity index is 1110. The number of hydrogen-bond acceptors (Lipinski definition) is 4. The van der Waals surface area contributed by atoms with E-state index in [4.69, 9.17) is 0 Å². The lowest BCUT2D eigenvalue weighted by Gasteiger charge is -2.20. The maximum absolute atomic E-state index is 12.9. The quantitative estimate of drug-likeness (QED) is 0.835. The van der Waals surface area contributed by atoms with Gasteiger partial charge in [0.05, 0.1) is 10.6 Å². The third-order valence-electron chi connectivity index (χ3n) is 5.46. The maximum atomic E-state index is 12.9. The Morgan fingerprint density at radius 1 is 1.03 bits per heavy atom. The predicted molar refractivity (Wildman–Crippen MR) is 112 cm³/mol. The fourth-order valence-electron chi connectivity index (χ4n) is 3.95. The summed E-state index contributed by atoms with van der Waals surface area (Å²) in [5.41, 5.74) is 3.68. The van der Waals surface area contributed by atoms with Gasteiger partial charge < -0.3 is 9.80 Å². The van der Waals surface area contributed by atoms with E-state index >= 15 is 0 Å². The van der Waals surface area contributed by atoms with E-state index in [0.717, 1.165) is 28.9 Å². The zero-order chi connectivity index (χ0) is 20.8. The average Bonchev–Trinajstić information content (AvgIpc) is 3.28. The van der Waals surface area contributed by atoms with Crippen LogP contribution in [0.5, 0.6) is 0 Å². The molecule has 2 aliphatic heterocycles. The number of rotatable bonds is 4. The summed E-state index contributed by atoms with van der Waals surface area (Å²) in [5.74, 6) is 0.00267. The molecule has 4 rings (SSSR count). The summed E-state index contributed by atoms with van der Waals surface area (Å²) < 4.78 is 28.5. The Balaban J connectivity index is 1.61. The first-order valence-electron chi connectivity index (χ1n) is 9.61. The van der Waals surface area contributed by atoms with Gasteiger partial charge in [-0.05, 0) is 61.2 Å². The average molecular weight is 413 g/mol. The van der Waals surface area contributed by atoms with E-state index in [9.17, 15) is 18.0 Å². The van der Waals surface area contributed by atoms with E-state index in [0.29, 0.717) is 31.6 Å². The summed E-state index contributed by atoms with van der Waals surface area (Å²) in [5, 5.41) is 0. The zero-order valence-corrected chi connectivity index (χ0v) is 17.3. The summed E-state index contributed by atoms with van der Waals surface area (Å²) in [6, 6.07) is 10.0. The largest absolute Gasteiger partial charge is 0.312 e. The van der Waals surface area contributed by atoms with E-state index < -0.39 is 10.0 Å². The maximum Gasteiger partial charge on any atom is 0.261 e. The van der Waals surface area contributed by atoms with Gasteiger partial charge in [0.15, 0.2) is 0 Å². The minimum Gasteiger partial charge on any atom is -0.312 e. The molecule has 0 aliphatic carbocycles. The van der Waals surface area contributed by atoms with Crippen molar-refractivity contribution in [1.29, 1.82) is 0 Å². The summed E-state index contributed by atoms with van der Waals surface area (Å²) in [7, 11) is -3.80. The van der Waals surface area contributed by atoms with E-state index in [-0.39, 0.29) is 16.7 Å². The van der Waals surface area contributed by atoms with Crippen molar-refractivity contribution in [3.05, 3.63) is 47.5 Å². The van der Waals surface area contributed by atoms with Gasteiger partial charge in [-0.2, -0.15) is 0 Å². The van der Waals surface area contributed by atoms with Gasteiger partial charge in [0.25, 0.3) is 10.0 Å². The van der Waals surface area contributed by atoms with Crippen molar-refractivity contribution >= 4 is 38.9 Å². The van der Waals surface area contributed by atoms with E-state index in [2.05, 4.69) is 4.72 Å². The highest BCUT2D eigenvalue weighted by Gasteiger charge is 2.26. The fraction of sp³-hybridized carbons (Fsp3) is 0.333. The molecule has 1 fully saturated rings. The topological polar surface area (TPSA) is 86.8 Å². The van der Waals surface area contributed by atoms with Crippen molar-refractivity contribution in [3.8, 4) is 0 Å². The van der Waals surface area contributed by atoms with Gasteiger partial charge in [-0.15, -0.1) is 0 Å². The van der Waals surface area contributed by atoms with Gasteiger partial charge >= 0.3 is 0 Å². The number of carbonyl (C=O) groups is 2. The minimum absolute atomic E-state index is 0.0545. The molecule has 7 nitrogen and oxygen atoms in total. The smallest absolute Gasteiger partial charge is 0.261 e. The van der Waals surface area contributed by atoms with Crippen LogP contribution in [0.1, 0.15) is 30.9 Å². The number of hydrogen-bond donors (Lipinski definition) is 1. The summed E-state index contributed by atoms with van der Waals surface area (Å²) >= 11 is 0. The normalized spacial score (nSPS) is 16.3. The predicted octanol–water partition coefficient (Wildman–Crippen LogP) is 2.83. The van der Waals surface area contributed by atoms with Crippen LogP contribution in [-0.4, -0.2) is 33.3 Å². The molecule has 1 saturated heterocycles. The zero-order valence-electron chi connectivity index (χ0n) is 16.4. The van der Waals surface area contributed by atoms with Crippen LogP contribution in [0.25, 0.3) is 0 Å². The molecule has 2 amide bonds. The second-order valence-electron chi connectivity index (χ2n) is 7.47. The molecule has 0 atom stereocenters. The molecule has 0 aromatic heterocycles. The number of fused-ring (bicyclic) bond motifs is 1. The van der Waals surface area contributed by atoms with Crippen LogP contribution in [0.2, 0.25) is 0 Å². The van der Waals surface area contributed by atoms with Gasteiger partial charge in [0.1, 0.15) is 0 Å². The van der Waals surface area contributed by atoms with Crippen molar-refractivity contribution in [3.63, 3.8) is 0 Å². The van der Waals surface area contributed by atoms with Gasteiger partial charge in [0, 0.05) is 37.8 Å². The van der Waals surface area contributed by atoms with Crippen molar-refractivity contribution in [2.75, 3.05) is 27.6 Å². The number of amides is 2. The fourth-order valence-corrected chi connectivity index (χ4v) is 5.05. The highest BCUT2D eigenvalue weighted by Crippen LogP contribution is 2.32. The standard InChI is InChI=1S/C21H23N3O4S/c1-14-5-6-17(13-20(14)24-10-3-4-21(24)26)22-29(27,28)18-7-8-19-16(12-18)9-11-23(19)15(2)25/h5-8,12-13,22H,3-4,9-11H2,1-2H3. The third-order valence-corrected chi connectivity index (χ3v) is 6.84. The molecule has 8 heteroatoms. The summed E-state index contributed by atoms with van der Waals surface area (Å²) in [4.78, 5) is 27.3. The van der Waals surface area contributed by atoms with Crippen LogP contribution >= 0.6 is 0 Å². The molecule has 0 unspecified atom stereocenters. The van der Waals surface area contributed by atoms with Gasteiger partial charge in [-0.3, -0.25) is 14.3 Å². The molecule has 29 heavy (non-hydrogen) atoms. The number of benzene rings is 2. The molecule has 2 aromatic rings. The first kappa shape index (κ1) is 19.4. The van der Waals surface area contributed by atoms with Crippen LogP contribution in [0.15, 0.2) is 41.3 Å². The highest BCUT2D eigenvalue weighted by molar-refractivity contribution is 7.92. The lowest BCUT2D eigenvalue weighted by molar-refractivity contribution is -0.117. The van der Waals surface area contributed by atoms with E-state index in [1.54, 1.807) is 34.1 Å². The van der Waals surface area contributed by atoms with Crippen molar-refractivity contribution in [2.24, 2.45) is 0 Å². The molecule has 0 radical (unpaired) electrons. The van der Waals surface area contributed by atoms with Crippen LogP contribution in [-0.2, 0) is 26.0 Å². The Labute approximate surface area is 170 Å². The molecule has 0 saturated carbocycles. The number of sulfonamides is 1. The summed E-state index contributed by atoms with van der Waals surface area (Å²) in [6.07, 6.45) is 1.95. The molecule has 2 aliphatic rings. The highest BCUT2D eigenvalue weighted by atomic mass is 32.2. The SMILES string of the molecule is CC(=O)N1CCc2cc(S(=O)(=O)Nc3ccc(C)c(N4CCCC4=O)c3)ccc21. The van der Waals surface area contributed by atoms with Crippen molar-refractivity contribution < 1.29 is 18.0 Å². The third kappa shape index (κ3) is 3.60. The number of nitrogens with one attached hydrogen (secondary N) is 1. The molecule has 1 N–H and O–H groups in total. The summed E-state index contributed by atoms with van der Waals surface area (Å²) in [6.45, 7) is 4.61. The molecule has 0 spiro atoms. The molecule has 152 valence electrons. The van der Waals surface area contributed by atoms with Crippen LogP contribution < -0.4 is 14.5 Å². The van der Waals surface area contributed by atoms with Gasteiger partial charge in [-0.25, -0.2) is 8.42 Å². The molecule has 2 heterocycles. The van der Waals surface area contributed by atoms with Crippen LogP contribution in [0.4, 0.5) is 17.1 Å². The number of aryl methyl sites for hydroxylation is 1. The first-order chi connectivity index (χ1) is 13.8. The lowest BCUT2D eigenvalue weighted by atomic mass is 10.1. The lowest BCUT2D eigenvalue weighted by Crippen LogP contribution is -2.25. The van der Waals surface area contributed by atoms with Gasteiger partial charge in [0.2, 0.25) is 11.8 Å². The van der Waals surface area contributed by atoms with Gasteiger partial charge in [-0.1, -0.05) is 6.07 Å². The molecule has 0 bridgehead atoms. The second-order valence-corrected chi connectivity index (χ2v) is 9.15. The van der Waals surface area contributed by atoms with Crippen molar-refractivity contribution in [2.45, 2.75) is 38.0 Å². The minimum atomic E-state index is -3.80. The number of anilines is 3. The van der Waals surface area contributed by atoms with E-state index in [1.807, 2.05) is 13.0 Å². The Morgan fingerprint density at radius 2 is 1.83 bits per heavy atom. The van der Waals surface area contributed by atoms with Crippen LogP contribution in [0, 0.1) is 6.92 Å². The number of carbonyl (C=O) groups excluding carboxylic acids is 2. The number of nitrogens with zero attached hydrogens (tertiary/aromatic N) is 2. The second kappa shape index (κ2) is 7.18. The first-order valence-corrected chi connectivity index (χ1v) is 11.1. The van der Waals surface area contributed by atoms with E-state index in [1.165, 1.54) is 13.0 Å².